The van der Waals surface area contributed by atoms with Gasteiger partial charge >= 0.3 is 0 Å². The molecule has 1 aromatic heterocycles. The first kappa shape index (κ1) is 14.5. The molecule has 2 saturated heterocycles. The Morgan fingerprint density at radius 1 is 1.22 bits per heavy atom. The second-order valence-electron chi connectivity index (χ2n) is 6.49. The SMILES string of the molecule is O=C(c1cccc(Cn2cccn2)c1)N1[C@H]2CCNC[C@@H]1CC2. The quantitative estimate of drug-likeness (QED) is 0.942. The van der Waals surface area contributed by atoms with Gasteiger partial charge < -0.3 is 10.2 Å². The summed E-state index contributed by atoms with van der Waals surface area (Å²) in [7, 11) is 0. The fourth-order valence-electron chi connectivity index (χ4n) is 3.85. The van der Waals surface area contributed by atoms with Gasteiger partial charge in [0, 0.05) is 36.6 Å². The molecule has 2 atom stereocenters. The zero-order valence-corrected chi connectivity index (χ0v) is 13.2. The van der Waals surface area contributed by atoms with Crippen molar-refractivity contribution in [3.8, 4) is 0 Å². The molecule has 3 heterocycles. The molecule has 0 spiro atoms. The van der Waals surface area contributed by atoms with Gasteiger partial charge in [0.15, 0.2) is 0 Å². The molecule has 0 aliphatic carbocycles. The molecule has 2 aromatic rings. The lowest BCUT2D eigenvalue weighted by Gasteiger charge is -2.28. The summed E-state index contributed by atoms with van der Waals surface area (Å²) in [6, 6.07) is 10.6. The van der Waals surface area contributed by atoms with E-state index in [-0.39, 0.29) is 5.91 Å². The Morgan fingerprint density at radius 2 is 2.13 bits per heavy atom. The zero-order valence-electron chi connectivity index (χ0n) is 13.2. The Bertz CT molecular complexity index is 668. The first-order chi connectivity index (χ1) is 11.3. The van der Waals surface area contributed by atoms with Crippen molar-refractivity contribution in [1.82, 2.24) is 20.0 Å². The van der Waals surface area contributed by atoms with E-state index in [4.69, 9.17) is 0 Å². The number of hydrogen-bond acceptors (Lipinski definition) is 3. The van der Waals surface area contributed by atoms with Gasteiger partial charge in [-0.2, -0.15) is 5.10 Å². The fraction of sp³-hybridized carbons (Fsp3) is 0.444. The summed E-state index contributed by atoms with van der Waals surface area (Å²) in [5, 5.41) is 7.69. The lowest BCUT2D eigenvalue weighted by Crippen LogP contribution is -2.42. The number of aromatic nitrogens is 2. The Hall–Kier alpha value is -2.14. The van der Waals surface area contributed by atoms with Crippen LogP contribution in [0.3, 0.4) is 0 Å². The molecule has 1 amide bonds. The summed E-state index contributed by atoms with van der Waals surface area (Å²) < 4.78 is 1.88. The Morgan fingerprint density at radius 3 is 3.00 bits per heavy atom. The molecule has 2 aliphatic heterocycles. The summed E-state index contributed by atoms with van der Waals surface area (Å²) in [5.41, 5.74) is 1.91. The van der Waals surface area contributed by atoms with Crippen molar-refractivity contribution in [3.63, 3.8) is 0 Å². The maximum absolute atomic E-state index is 13.0. The highest BCUT2D eigenvalue weighted by molar-refractivity contribution is 5.95. The van der Waals surface area contributed by atoms with E-state index < -0.39 is 0 Å². The number of carbonyl (C=O) groups excluding carboxylic acids is 1. The van der Waals surface area contributed by atoms with E-state index >= 15 is 0 Å². The number of amides is 1. The lowest BCUT2D eigenvalue weighted by atomic mass is 10.1. The Labute approximate surface area is 136 Å². The van der Waals surface area contributed by atoms with Crippen LogP contribution in [-0.4, -0.2) is 45.8 Å². The van der Waals surface area contributed by atoms with Gasteiger partial charge in [-0.25, -0.2) is 0 Å². The molecule has 1 N–H and O–H groups in total. The summed E-state index contributed by atoms with van der Waals surface area (Å²) in [6.45, 7) is 2.64. The van der Waals surface area contributed by atoms with Crippen LogP contribution in [0.5, 0.6) is 0 Å². The Balaban J connectivity index is 1.56. The van der Waals surface area contributed by atoms with Gasteiger partial charge in [0.05, 0.1) is 6.54 Å². The van der Waals surface area contributed by atoms with Crippen molar-refractivity contribution >= 4 is 5.91 Å². The first-order valence-electron chi connectivity index (χ1n) is 8.41. The second-order valence-corrected chi connectivity index (χ2v) is 6.49. The zero-order chi connectivity index (χ0) is 15.6. The standard InChI is InChI=1S/C18H22N4O/c23-18(22-16-5-6-17(22)12-19-9-7-16)15-4-1-3-14(11-15)13-21-10-2-8-20-21/h1-4,8,10-11,16-17,19H,5-7,9,12-13H2/t16-,17+/m1/s1. The summed E-state index contributed by atoms with van der Waals surface area (Å²) in [4.78, 5) is 15.2. The maximum Gasteiger partial charge on any atom is 0.254 e. The highest BCUT2D eigenvalue weighted by Gasteiger charge is 2.38. The van der Waals surface area contributed by atoms with Crippen molar-refractivity contribution in [2.45, 2.75) is 37.9 Å². The average molecular weight is 310 g/mol. The molecular formula is C18H22N4O. The van der Waals surface area contributed by atoms with Crippen LogP contribution in [0.2, 0.25) is 0 Å². The van der Waals surface area contributed by atoms with E-state index in [2.05, 4.69) is 21.4 Å². The molecule has 2 bridgehead atoms. The highest BCUT2D eigenvalue weighted by Crippen LogP contribution is 2.29. The van der Waals surface area contributed by atoms with Crippen molar-refractivity contribution < 1.29 is 4.79 Å². The monoisotopic (exact) mass is 310 g/mol. The number of rotatable bonds is 3. The van der Waals surface area contributed by atoms with E-state index in [1.807, 2.05) is 35.1 Å². The van der Waals surface area contributed by atoms with Crippen LogP contribution < -0.4 is 5.32 Å². The van der Waals surface area contributed by atoms with Gasteiger partial charge in [-0.15, -0.1) is 0 Å². The molecule has 4 rings (SSSR count). The lowest BCUT2D eigenvalue weighted by molar-refractivity contribution is 0.0680. The van der Waals surface area contributed by atoms with Crippen LogP contribution in [0.4, 0.5) is 0 Å². The van der Waals surface area contributed by atoms with Crippen LogP contribution in [0.15, 0.2) is 42.7 Å². The minimum absolute atomic E-state index is 0.184. The topological polar surface area (TPSA) is 50.2 Å². The third kappa shape index (κ3) is 2.88. The van der Waals surface area contributed by atoms with E-state index in [1.54, 1.807) is 6.20 Å². The predicted octanol–water partition coefficient (Wildman–Crippen LogP) is 1.90. The maximum atomic E-state index is 13.0. The third-order valence-corrected chi connectivity index (χ3v) is 4.97. The fourth-order valence-corrected chi connectivity index (χ4v) is 3.85. The normalized spacial score (nSPS) is 23.7. The van der Waals surface area contributed by atoms with Crippen molar-refractivity contribution in [1.29, 1.82) is 0 Å². The summed E-state index contributed by atoms with van der Waals surface area (Å²) >= 11 is 0. The molecule has 0 saturated carbocycles. The van der Waals surface area contributed by atoms with E-state index in [0.29, 0.717) is 18.6 Å². The molecule has 5 nitrogen and oxygen atoms in total. The summed E-state index contributed by atoms with van der Waals surface area (Å²) in [6.07, 6.45) is 7.04. The van der Waals surface area contributed by atoms with Crippen LogP contribution in [-0.2, 0) is 6.54 Å². The molecule has 0 unspecified atom stereocenters. The number of hydrogen-bond donors (Lipinski definition) is 1. The minimum atomic E-state index is 0.184. The first-order valence-corrected chi connectivity index (χ1v) is 8.41. The van der Waals surface area contributed by atoms with Gasteiger partial charge in [-0.3, -0.25) is 9.48 Å². The van der Waals surface area contributed by atoms with E-state index in [0.717, 1.165) is 43.5 Å². The number of benzene rings is 1. The van der Waals surface area contributed by atoms with Gasteiger partial charge in [0.25, 0.3) is 5.91 Å². The predicted molar refractivity (Wildman–Crippen MR) is 88.2 cm³/mol. The number of nitrogens with one attached hydrogen (secondary N) is 1. The summed E-state index contributed by atoms with van der Waals surface area (Å²) in [5.74, 6) is 0.184. The van der Waals surface area contributed by atoms with Gasteiger partial charge in [-0.1, -0.05) is 12.1 Å². The number of carbonyl (C=O) groups is 1. The number of nitrogens with zero attached hydrogens (tertiary/aromatic N) is 3. The van der Waals surface area contributed by atoms with Crippen molar-refractivity contribution in [3.05, 3.63) is 53.9 Å². The van der Waals surface area contributed by atoms with Crippen LogP contribution in [0, 0.1) is 0 Å². The minimum Gasteiger partial charge on any atom is -0.331 e. The van der Waals surface area contributed by atoms with Crippen molar-refractivity contribution in [2.75, 3.05) is 13.1 Å². The molecular weight excluding hydrogens is 288 g/mol. The molecule has 0 radical (unpaired) electrons. The molecule has 1 aromatic carbocycles. The third-order valence-electron chi connectivity index (χ3n) is 4.97. The van der Waals surface area contributed by atoms with Crippen molar-refractivity contribution in [2.24, 2.45) is 0 Å². The smallest absolute Gasteiger partial charge is 0.254 e. The van der Waals surface area contributed by atoms with Gasteiger partial charge in [0.1, 0.15) is 0 Å². The van der Waals surface area contributed by atoms with Crippen LogP contribution in [0.25, 0.3) is 0 Å². The van der Waals surface area contributed by atoms with Gasteiger partial charge in [-0.05, 0) is 49.6 Å². The molecule has 2 aliphatic rings. The second kappa shape index (κ2) is 6.16. The largest absolute Gasteiger partial charge is 0.331 e. The molecule has 23 heavy (non-hydrogen) atoms. The van der Waals surface area contributed by atoms with E-state index in [1.165, 1.54) is 0 Å². The molecule has 120 valence electrons. The van der Waals surface area contributed by atoms with Crippen LogP contribution in [0.1, 0.15) is 35.2 Å². The van der Waals surface area contributed by atoms with E-state index in [9.17, 15) is 4.79 Å². The van der Waals surface area contributed by atoms with Crippen LogP contribution >= 0.6 is 0 Å². The molecule has 5 heteroatoms. The molecule has 2 fully saturated rings. The number of fused-ring (bicyclic) bond motifs is 2. The van der Waals surface area contributed by atoms with Gasteiger partial charge in [0.2, 0.25) is 0 Å². The Kier molecular flexibility index (Phi) is 3.87. The highest BCUT2D eigenvalue weighted by atomic mass is 16.2. The average Bonchev–Trinajstić information content (AvgIpc) is 3.14.